The second kappa shape index (κ2) is 5.58. The van der Waals surface area contributed by atoms with Crippen LogP contribution in [0.1, 0.15) is 13.8 Å². The van der Waals surface area contributed by atoms with Crippen molar-refractivity contribution in [3.63, 3.8) is 0 Å². The summed E-state index contributed by atoms with van der Waals surface area (Å²) in [5.74, 6) is 0.214. The third kappa shape index (κ3) is 5.26. The molecule has 1 N–H and O–H groups in total. The molecule has 1 amide bonds. The van der Waals surface area contributed by atoms with Gasteiger partial charge in [0.2, 0.25) is 0 Å². The second-order valence-corrected chi connectivity index (χ2v) is 1.70. The molecule has 0 bridgehead atoms. The first-order valence-corrected chi connectivity index (χ1v) is 3.46. The molecule has 0 fully saturated rings. The maximum Gasteiger partial charge on any atom is 0.413 e. The normalized spacial score (nSPS) is 8.55. The Balaban J connectivity index is 3.49. The number of hydrogen-bond donors (Lipinski definition) is 1. The molecule has 0 aliphatic carbocycles. The molecular formula is C7H13NO3. The van der Waals surface area contributed by atoms with Crippen molar-refractivity contribution in [1.82, 2.24) is 5.32 Å². The predicted molar refractivity (Wildman–Crippen MR) is 40.9 cm³/mol. The lowest BCUT2D eigenvalue weighted by molar-refractivity contribution is 0.140. The van der Waals surface area contributed by atoms with E-state index >= 15 is 0 Å². The van der Waals surface area contributed by atoms with Crippen molar-refractivity contribution in [2.75, 3.05) is 13.2 Å². The van der Waals surface area contributed by atoms with Gasteiger partial charge < -0.3 is 9.47 Å². The Hall–Kier alpha value is -1.19. The van der Waals surface area contributed by atoms with Crippen molar-refractivity contribution in [3.8, 4) is 0 Å². The van der Waals surface area contributed by atoms with Crippen LogP contribution in [0.2, 0.25) is 0 Å². The molecule has 0 unspecified atom stereocenters. The molecule has 0 saturated carbocycles. The number of amides is 1. The van der Waals surface area contributed by atoms with Gasteiger partial charge >= 0.3 is 6.09 Å². The van der Waals surface area contributed by atoms with Gasteiger partial charge in [-0.25, -0.2) is 4.79 Å². The Bertz CT molecular complexity index is 129. The van der Waals surface area contributed by atoms with Crippen LogP contribution in [0.25, 0.3) is 0 Å². The van der Waals surface area contributed by atoms with E-state index in [1.165, 1.54) is 0 Å². The fraction of sp³-hybridized carbons (Fsp3) is 0.571. The van der Waals surface area contributed by atoms with Crippen molar-refractivity contribution in [2.24, 2.45) is 0 Å². The van der Waals surface area contributed by atoms with Gasteiger partial charge in [-0.05, 0) is 20.4 Å². The minimum absolute atomic E-state index is 0.214. The molecule has 0 radical (unpaired) electrons. The molecular weight excluding hydrogens is 146 g/mol. The van der Waals surface area contributed by atoms with Crippen molar-refractivity contribution >= 4 is 6.09 Å². The van der Waals surface area contributed by atoms with Crippen molar-refractivity contribution in [3.05, 3.63) is 12.5 Å². The topological polar surface area (TPSA) is 47.6 Å². The number of alkyl carbamates (subject to hydrolysis) is 1. The lowest BCUT2D eigenvalue weighted by Crippen LogP contribution is -2.24. The SMILES string of the molecule is C=C(NC(=O)OCC)OCC. The summed E-state index contributed by atoms with van der Waals surface area (Å²) in [6.07, 6.45) is -0.536. The summed E-state index contributed by atoms with van der Waals surface area (Å²) in [4.78, 5) is 10.7. The molecule has 11 heavy (non-hydrogen) atoms. The third-order valence-corrected chi connectivity index (χ3v) is 0.835. The van der Waals surface area contributed by atoms with Crippen LogP contribution in [0.15, 0.2) is 12.5 Å². The first-order valence-electron chi connectivity index (χ1n) is 3.46. The van der Waals surface area contributed by atoms with E-state index in [0.29, 0.717) is 13.2 Å². The van der Waals surface area contributed by atoms with E-state index in [2.05, 4.69) is 16.6 Å². The van der Waals surface area contributed by atoms with E-state index in [9.17, 15) is 4.79 Å². The van der Waals surface area contributed by atoms with Crippen molar-refractivity contribution in [1.29, 1.82) is 0 Å². The number of carbonyl (C=O) groups is 1. The molecule has 0 aliphatic heterocycles. The first kappa shape index (κ1) is 9.81. The quantitative estimate of drug-likeness (QED) is 0.628. The zero-order valence-electron chi connectivity index (χ0n) is 6.85. The second-order valence-electron chi connectivity index (χ2n) is 1.70. The largest absolute Gasteiger partial charge is 0.480 e. The van der Waals surface area contributed by atoms with Gasteiger partial charge in [0, 0.05) is 0 Å². The molecule has 0 aromatic carbocycles. The lowest BCUT2D eigenvalue weighted by atomic mass is 10.8. The molecule has 0 atom stereocenters. The number of ether oxygens (including phenoxy) is 2. The van der Waals surface area contributed by atoms with Crippen LogP contribution in [0.5, 0.6) is 0 Å². The third-order valence-electron chi connectivity index (χ3n) is 0.835. The van der Waals surface area contributed by atoms with Crippen LogP contribution in [-0.4, -0.2) is 19.3 Å². The van der Waals surface area contributed by atoms with E-state index in [0.717, 1.165) is 0 Å². The Morgan fingerprint density at radius 2 is 1.91 bits per heavy atom. The van der Waals surface area contributed by atoms with E-state index in [4.69, 9.17) is 4.74 Å². The van der Waals surface area contributed by atoms with E-state index < -0.39 is 6.09 Å². The first-order chi connectivity index (χ1) is 5.20. The molecule has 4 heteroatoms. The fourth-order valence-corrected chi connectivity index (χ4v) is 0.491. The molecule has 0 spiro atoms. The van der Waals surface area contributed by atoms with Gasteiger partial charge in [-0.15, -0.1) is 0 Å². The van der Waals surface area contributed by atoms with Crippen LogP contribution in [0, 0.1) is 0 Å². The summed E-state index contributed by atoms with van der Waals surface area (Å²) >= 11 is 0. The van der Waals surface area contributed by atoms with E-state index in [-0.39, 0.29) is 5.88 Å². The molecule has 0 rings (SSSR count). The summed E-state index contributed by atoms with van der Waals surface area (Å²) < 4.78 is 9.42. The molecule has 64 valence electrons. The highest BCUT2D eigenvalue weighted by atomic mass is 16.6. The maximum absolute atomic E-state index is 10.7. The zero-order valence-corrected chi connectivity index (χ0v) is 6.85. The smallest absolute Gasteiger partial charge is 0.413 e. The highest BCUT2D eigenvalue weighted by molar-refractivity contribution is 5.68. The number of hydrogen-bond acceptors (Lipinski definition) is 3. The molecule has 0 aliphatic rings. The van der Waals surface area contributed by atoms with Gasteiger partial charge in [0.15, 0.2) is 5.88 Å². The van der Waals surface area contributed by atoms with Gasteiger partial charge in [0.05, 0.1) is 13.2 Å². The Labute approximate surface area is 66.2 Å². The predicted octanol–water partition coefficient (Wildman–Crippen LogP) is 1.24. The Morgan fingerprint density at radius 1 is 1.36 bits per heavy atom. The van der Waals surface area contributed by atoms with Crippen LogP contribution < -0.4 is 5.32 Å². The summed E-state index contributed by atoms with van der Waals surface area (Å²) in [5, 5.41) is 2.30. The van der Waals surface area contributed by atoms with Crippen LogP contribution in [0.3, 0.4) is 0 Å². The summed E-state index contributed by atoms with van der Waals surface area (Å²) in [6.45, 7) is 7.78. The van der Waals surface area contributed by atoms with E-state index in [1.807, 2.05) is 0 Å². The average Bonchev–Trinajstić information content (AvgIpc) is 1.87. The number of rotatable bonds is 4. The lowest BCUT2D eigenvalue weighted by Gasteiger charge is -2.07. The van der Waals surface area contributed by atoms with Gasteiger partial charge in [-0.1, -0.05) is 0 Å². The monoisotopic (exact) mass is 159 g/mol. The Kier molecular flexibility index (Phi) is 4.98. The van der Waals surface area contributed by atoms with Crippen LogP contribution in [-0.2, 0) is 9.47 Å². The minimum atomic E-state index is -0.536. The zero-order chi connectivity index (χ0) is 8.69. The molecule has 0 aromatic rings. The fourth-order valence-electron chi connectivity index (χ4n) is 0.491. The maximum atomic E-state index is 10.7. The summed E-state index contributed by atoms with van der Waals surface area (Å²) in [7, 11) is 0. The number of nitrogens with one attached hydrogen (secondary N) is 1. The molecule has 0 aromatic heterocycles. The number of carbonyl (C=O) groups excluding carboxylic acids is 1. The van der Waals surface area contributed by atoms with Gasteiger partial charge in [0.1, 0.15) is 0 Å². The minimum Gasteiger partial charge on any atom is -0.480 e. The van der Waals surface area contributed by atoms with Crippen LogP contribution in [0.4, 0.5) is 4.79 Å². The highest BCUT2D eigenvalue weighted by Gasteiger charge is 2.01. The highest BCUT2D eigenvalue weighted by Crippen LogP contribution is 1.88. The average molecular weight is 159 g/mol. The van der Waals surface area contributed by atoms with Crippen molar-refractivity contribution < 1.29 is 14.3 Å². The van der Waals surface area contributed by atoms with Gasteiger partial charge in [0.25, 0.3) is 0 Å². The van der Waals surface area contributed by atoms with E-state index in [1.54, 1.807) is 13.8 Å². The molecule has 4 nitrogen and oxygen atoms in total. The van der Waals surface area contributed by atoms with Gasteiger partial charge in [-0.3, -0.25) is 5.32 Å². The van der Waals surface area contributed by atoms with Crippen LogP contribution >= 0.6 is 0 Å². The standard InChI is InChI=1S/C7H13NO3/c1-4-10-6(3)8-7(9)11-5-2/h3-5H2,1-2H3,(H,8,9). The molecule has 0 saturated heterocycles. The summed E-state index contributed by atoms with van der Waals surface area (Å²) in [6, 6.07) is 0. The van der Waals surface area contributed by atoms with Gasteiger partial charge in [-0.2, -0.15) is 0 Å². The summed E-state index contributed by atoms with van der Waals surface area (Å²) in [5.41, 5.74) is 0. The van der Waals surface area contributed by atoms with Crippen molar-refractivity contribution in [2.45, 2.75) is 13.8 Å². The Morgan fingerprint density at radius 3 is 2.36 bits per heavy atom. The molecule has 0 heterocycles.